The van der Waals surface area contributed by atoms with Gasteiger partial charge in [-0.3, -0.25) is 9.36 Å². The molecule has 3 aromatic rings. The number of esters is 1. The third-order valence-electron chi connectivity index (χ3n) is 4.96. The van der Waals surface area contributed by atoms with E-state index in [1.54, 1.807) is 37.3 Å². The van der Waals surface area contributed by atoms with E-state index in [1.807, 2.05) is 29.7 Å². The van der Waals surface area contributed by atoms with Gasteiger partial charge in [0.2, 0.25) is 5.91 Å². The van der Waals surface area contributed by atoms with Crippen molar-refractivity contribution in [1.29, 1.82) is 0 Å². The fraction of sp³-hybridized carbons (Fsp3) is 0.280. The first-order valence-corrected chi connectivity index (χ1v) is 11.8. The lowest BCUT2D eigenvalue weighted by Crippen LogP contribution is -2.15. The average molecular weight is 481 g/mol. The molecule has 1 amide bonds. The lowest BCUT2D eigenvalue weighted by atomic mass is 10.1. The summed E-state index contributed by atoms with van der Waals surface area (Å²) in [5.41, 5.74) is 3.38. The van der Waals surface area contributed by atoms with Crippen LogP contribution in [-0.4, -0.2) is 39.0 Å². The Hall–Kier alpha value is -3.59. The molecule has 178 valence electrons. The van der Waals surface area contributed by atoms with E-state index in [-0.39, 0.29) is 18.3 Å². The molecule has 0 unspecified atom stereocenters. The summed E-state index contributed by atoms with van der Waals surface area (Å²) in [4.78, 5) is 24.2. The van der Waals surface area contributed by atoms with Crippen LogP contribution in [0.4, 0.5) is 5.69 Å². The fourth-order valence-corrected chi connectivity index (χ4v) is 3.79. The maximum atomic E-state index is 12.4. The van der Waals surface area contributed by atoms with Gasteiger partial charge >= 0.3 is 5.97 Å². The van der Waals surface area contributed by atoms with Gasteiger partial charge in [0.05, 0.1) is 17.9 Å². The summed E-state index contributed by atoms with van der Waals surface area (Å²) >= 11 is 1.28. The molecule has 1 heterocycles. The largest absolute Gasteiger partial charge is 0.486 e. The van der Waals surface area contributed by atoms with Crippen molar-refractivity contribution in [3.8, 4) is 5.75 Å². The van der Waals surface area contributed by atoms with Crippen LogP contribution in [0, 0.1) is 13.8 Å². The topological polar surface area (TPSA) is 95.3 Å². The van der Waals surface area contributed by atoms with E-state index in [1.165, 1.54) is 17.3 Å². The Morgan fingerprint density at radius 1 is 1.12 bits per heavy atom. The number of nitrogens with zero attached hydrogens (tertiary/aromatic N) is 3. The first kappa shape index (κ1) is 25.0. The van der Waals surface area contributed by atoms with Gasteiger partial charge in [0.25, 0.3) is 0 Å². The quantitative estimate of drug-likeness (QED) is 0.244. The van der Waals surface area contributed by atoms with E-state index in [0.717, 1.165) is 11.3 Å². The zero-order chi connectivity index (χ0) is 24.5. The van der Waals surface area contributed by atoms with Gasteiger partial charge in [-0.15, -0.1) is 16.8 Å². The maximum Gasteiger partial charge on any atom is 0.338 e. The number of hydrogen-bond donors (Lipinski definition) is 1. The molecular formula is C25H28N4O4S. The Balaban J connectivity index is 1.57. The highest BCUT2D eigenvalue weighted by Crippen LogP contribution is 2.21. The van der Waals surface area contributed by atoms with E-state index in [0.29, 0.717) is 35.4 Å². The van der Waals surface area contributed by atoms with Crippen molar-refractivity contribution in [3.63, 3.8) is 0 Å². The van der Waals surface area contributed by atoms with Crippen molar-refractivity contribution in [2.45, 2.75) is 39.1 Å². The number of aromatic nitrogens is 3. The van der Waals surface area contributed by atoms with Gasteiger partial charge in [0, 0.05) is 12.2 Å². The van der Waals surface area contributed by atoms with Gasteiger partial charge in [0.1, 0.15) is 12.4 Å². The minimum Gasteiger partial charge on any atom is -0.486 e. The molecule has 1 aromatic heterocycles. The molecule has 0 aliphatic rings. The van der Waals surface area contributed by atoms with E-state index in [4.69, 9.17) is 9.47 Å². The molecule has 0 fully saturated rings. The van der Waals surface area contributed by atoms with Crippen molar-refractivity contribution < 1.29 is 19.1 Å². The Morgan fingerprint density at radius 2 is 1.88 bits per heavy atom. The van der Waals surface area contributed by atoms with Gasteiger partial charge < -0.3 is 14.8 Å². The lowest BCUT2D eigenvalue weighted by Gasteiger charge is -2.10. The average Bonchev–Trinajstić information content (AvgIpc) is 3.21. The highest BCUT2D eigenvalue weighted by Gasteiger charge is 2.15. The highest BCUT2D eigenvalue weighted by atomic mass is 32.2. The monoisotopic (exact) mass is 480 g/mol. The van der Waals surface area contributed by atoms with Gasteiger partial charge in [0.15, 0.2) is 11.0 Å². The normalized spacial score (nSPS) is 10.6. The number of rotatable bonds is 11. The highest BCUT2D eigenvalue weighted by molar-refractivity contribution is 7.99. The first-order valence-electron chi connectivity index (χ1n) is 10.8. The molecule has 2 aromatic carbocycles. The van der Waals surface area contributed by atoms with Crippen molar-refractivity contribution in [3.05, 3.63) is 77.6 Å². The summed E-state index contributed by atoms with van der Waals surface area (Å²) in [7, 11) is 0. The third kappa shape index (κ3) is 6.71. The molecule has 0 bridgehead atoms. The van der Waals surface area contributed by atoms with Crippen molar-refractivity contribution in [1.82, 2.24) is 14.8 Å². The van der Waals surface area contributed by atoms with Crippen LogP contribution in [0.15, 0.2) is 60.3 Å². The predicted octanol–water partition coefficient (Wildman–Crippen LogP) is 4.57. The molecule has 0 saturated carbocycles. The molecule has 1 N–H and O–H groups in total. The number of carbonyl (C=O) groups is 2. The predicted molar refractivity (Wildman–Crippen MR) is 132 cm³/mol. The first-order chi connectivity index (χ1) is 16.4. The number of carbonyl (C=O) groups excluding carboxylic acids is 2. The lowest BCUT2D eigenvalue weighted by molar-refractivity contribution is -0.113. The number of allylic oxidation sites excluding steroid dienone is 1. The number of nitrogens with one attached hydrogen (secondary N) is 1. The number of benzene rings is 2. The van der Waals surface area contributed by atoms with E-state index in [2.05, 4.69) is 29.0 Å². The molecule has 0 radical (unpaired) electrons. The molecule has 0 aliphatic heterocycles. The van der Waals surface area contributed by atoms with Crippen LogP contribution in [-0.2, 0) is 22.7 Å². The summed E-state index contributed by atoms with van der Waals surface area (Å²) < 4.78 is 12.7. The minimum atomic E-state index is -0.394. The Kier molecular flexibility index (Phi) is 8.86. The Bertz CT molecular complexity index is 1160. The zero-order valence-electron chi connectivity index (χ0n) is 19.5. The van der Waals surface area contributed by atoms with Gasteiger partial charge in [-0.1, -0.05) is 23.9 Å². The second-order valence-corrected chi connectivity index (χ2v) is 8.41. The molecular weight excluding hydrogens is 452 g/mol. The molecule has 3 rings (SSSR count). The number of thioether (sulfide) groups is 1. The van der Waals surface area contributed by atoms with Crippen molar-refractivity contribution in [2.24, 2.45) is 0 Å². The van der Waals surface area contributed by atoms with E-state index >= 15 is 0 Å². The van der Waals surface area contributed by atoms with Crippen LogP contribution in [0.2, 0.25) is 0 Å². The van der Waals surface area contributed by atoms with E-state index < -0.39 is 5.97 Å². The summed E-state index contributed by atoms with van der Waals surface area (Å²) in [6.45, 7) is 10.7. The second kappa shape index (κ2) is 12.0. The van der Waals surface area contributed by atoms with Crippen LogP contribution in [0.3, 0.4) is 0 Å². The Morgan fingerprint density at radius 3 is 2.56 bits per heavy atom. The van der Waals surface area contributed by atoms with Gasteiger partial charge in [-0.2, -0.15) is 0 Å². The molecule has 0 aliphatic carbocycles. The van der Waals surface area contributed by atoms with Crippen molar-refractivity contribution in [2.75, 3.05) is 17.7 Å². The molecule has 34 heavy (non-hydrogen) atoms. The number of anilines is 1. The molecule has 9 heteroatoms. The van der Waals surface area contributed by atoms with E-state index in [9.17, 15) is 9.59 Å². The van der Waals surface area contributed by atoms with Crippen molar-refractivity contribution >= 4 is 29.3 Å². The van der Waals surface area contributed by atoms with Crippen LogP contribution in [0.5, 0.6) is 5.75 Å². The van der Waals surface area contributed by atoms with Gasteiger partial charge in [-0.25, -0.2) is 4.79 Å². The zero-order valence-corrected chi connectivity index (χ0v) is 20.4. The van der Waals surface area contributed by atoms with Crippen LogP contribution < -0.4 is 10.1 Å². The number of hydrogen-bond acceptors (Lipinski definition) is 7. The fourth-order valence-electron chi connectivity index (χ4n) is 3.03. The number of ether oxygens (including phenoxy) is 2. The maximum absolute atomic E-state index is 12.4. The third-order valence-corrected chi connectivity index (χ3v) is 5.93. The van der Waals surface area contributed by atoms with Crippen LogP contribution in [0.25, 0.3) is 0 Å². The minimum absolute atomic E-state index is 0.146. The standard InChI is InChI=1S/C25H28N4O4S/c1-5-13-29-22(15-33-21-12-7-17(3)18(4)14-21)27-28-25(29)34-16-23(30)26-20-10-8-19(9-11-20)24(31)32-6-2/h5,7-12,14H,1,6,13,15-16H2,2-4H3,(H,26,30). The molecule has 8 nitrogen and oxygen atoms in total. The number of aryl methyl sites for hydroxylation is 2. The van der Waals surface area contributed by atoms with Crippen LogP contribution in [0.1, 0.15) is 34.2 Å². The summed E-state index contributed by atoms with van der Waals surface area (Å²) in [5.74, 6) is 0.964. The SMILES string of the molecule is C=CCn1c(COc2ccc(C)c(C)c2)nnc1SCC(=O)Nc1ccc(C(=O)OCC)cc1. The number of amides is 1. The second-order valence-electron chi connectivity index (χ2n) is 7.47. The molecule has 0 spiro atoms. The Labute approximate surface area is 203 Å². The van der Waals surface area contributed by atoms with Crippen LogP contribution >= 0.6 is 11.8 Å². The van der Waals surface area contributed by atoms with Gasteiger partial charge in [-0.05, 0) is 68.3 Å². The summed E-state index contributed by atoms with van der Waals surface area (Å²) in [6.07, 6.45) is 1.75. The molecule has 0 atom stereocenters. The summed E-state index contributed by atoms with van der Waals surface area (Å²) in [6, 6.07) is 12.5. The summed E-state index contributed by atoms with van der Waals surface area (Å²) in [5, 5.41) is 11.9. The smallest absolute Gasteiger partial charge is 0.338 e. The molecule has 0 saturated heterocycles.